The molecule has 12 nitrogen and oxygen atoms in total. The van der Waals surface area contributed by atoms with Gasteiger partial charge < -0.3 is 28.7 Å². The molecule has 1 saturated heterocycles. The van der Waals surface area contributed by atoms with Crippen molar-refractivity contribution >= 4 is 39.7 Å². The first-order chi connectivity index (χ1) is 20.0. The van der Waals surface area contributed by atoms with E-state index < -0.39 is 11.6 Å². The molecule has 4 aromatic rings. The molecule has 0 radical (unpaired) electrons. The number of anilines is 1. The number of hydrogen-bond acceptors (Lipinski definition) is 10. The van der Waals surface area contributed by atoms with Gasteiger partial charge in [0, 0.05) is 68.4 Å². The third-order valence-electron chi connectivity index (χ3n) is 7.05. The number of nitrogens with zero attached hydrogens (tertiary/aromatic N) is 6. The van der Waals surface area contributed by atoms with Gasteiger partial charge in [0.1, 0.15) is 11.4 Å². The number of fused-ring (bicyclic) bond motifs is 2. The van der Waals surface area contributed by atoms with Gasteiger partial charge in [-0.2, -0.15) is 5.10 Å². The molecule has 5 rings (SSSR count). The van der Waals surface area contributed by atoms with Gasteiger partial charge in [0.15, 0.2) is 12.4 Å². The highest BCUT2D eigenvalue weighted by Crippen LogP contribution is 2.38. The Morgan fingerprint density at radius 1 is 1.05 bits per heavy atom. The second kappa shape index (κ2) is 11.4. The molecule has 4 heterocycles. The zero-order valence-electron chi connectivity index (χ0n) is 25.1. The third kappa shape index (κ3) is 5.80. The number of aryl methyl sites for hydroxylation is 2. The van der Waals surface area contributed by atoms with Crippen LogP contribution in [-0.4, -0.2) is 89.5 Å². The van der Waals surface area contributed by atoms with E-state index in [9.17, 15) is 9.59 Å². The summed E-state index contributed by atoms with van der Waals surface area (Å²) >= 11 is 0. The number of carbonyl (C=O) groups is 2. The van der Waals surface area contributed by atoms with E-state index in [1.807, 2.05) is 53.1 Å². The van der Waals surface area contributed by atoms with Crippen LogP contribution in [0.1, 0.15) is 36.7 Å². The fourth-order valence-corrected chi connectivity index (χ4v) is 5.09. The Labute approximate surface area is 244 Å². The SMILES string of the molecule is COCOc1c(-c2cc(C(=O)OC)c3cc(N4CCN(C(=O)OC(C)(C)C)CC4)cnc3n2)cc2cn(C)nc2c1C. The summed E-state index contributed by atoms with van der Waals surface area (Å²) in [7, 11) is 4.76. The van der Waals surface area contributed by atoms with Gasteiger partial charge in [0.05, 0.1) is 35.8 Å². The number of esters is 1. The molecule has 1 aliphatic rings. The van der Waals surface area contributed by atoms with Crippen LogP contribution < -0.4 is 9.64 Å². The van der Waals surface area contributed by atoms with Crippen molar-refractivity contribution in [2.24, 2.45) is 7.05 Å². The summed E-state index contributed by atoms with van der Waals surface area (Å²) in [6.45, 7) is 9.73. The minimum Gasteiger partial charge on any atom is -0.466 e. The van der Waals surface area contributed by atoms with E-state index in [0.717, 1.165) is 22.2 Å². The van der Waals surface area contributed by atoms with Crippen molar-refractivity contribution in [3.05, 3.63) is 41.7 Å². The quantitative estimate of drug-likeness (QED) is 0.242. The summed E-state index contributed by atoms with van der Waals surface area (Å²) in [6.07, 6.45) is 3.33. The number of piperazine rings is 1. The smallest absolute Gasteiger partial charge is 0.410 e. The van der Waals surface area contributed by atoms with Crippen LogP contribution in [0.2, 0.25) is 0 Å². The molecule has 1 aromatic carbocycles. The molecule has 222 valence electrons. The van der Waals surface area contributed by atoms with Crippen LogP contribution in [-0.2, 0) is 21.3 Å². The van der Waals surface area contributed by atoms with Crippen molar-refractivity contribution in [2.45, 2.75) is 33.3 Å². The van der Waals surface area contributed by atoms with Crippen molar-refractivity contribution in [2.75, 3.05) is 52.1 Å². The minimum atomic E-state index is -0.550. The van der Waals surface area contributed by atoms with Crippen LogP contribution in [0.5, 0.6) is 5.75 Å². The van der Waals surface area contributed by atoms with Crippen molar-refractivity contribution in [3.8, 4) is 17.0 Å². The second-order valence-electron chi connectivity index (χ2n) is 11.2. The number of aromatic nitrogens is 4. The van der Waals surface area contributed by atoms with Crippen molar-refractivity contribution in [1.29, 1.82) is 0 Å². The van der Waals surface area contributed by atoms with Gasteiger partial charge in [-0.15, -0.1) is 0 Å². The van der Waals surface area contributed by atoms with Crippen LogP contribution in [0.15, 0.2) is 30.6 Å². The topological polar surface area (TPSA) is 121 Å². The molecule has 0 atom stereocenters. The fraction of sp³-hybridized carbons (Fsp3) is 0.433. The molecule has 1 aliphatic heterocycles. The highest BCUT2D eigenvalue weighted by atomic mass is 16.7. The van der Waals surface area contributed by atoms with E-state index >= 15 is 0 Å². The lowest BCUT2D eigenvalue weighted by Crippen LogP contribution is -2.50. The maximum absolute atomic E-state index is 13.1. The van der Waals surface area contributed by atoms with Crippen molar-refractivity contribution in [3.63, 3.8) is 0 Å². The van der Waals surface area contributed by atoms with E-state index in [2.05, 4.69) is 15.0 Å². The van der Waals surface area contributed by atoms with Gasteiger partial charge in [0.25, 0.3) is 0 Å². The summed E-state index contributed by atoms with van der Waals surface area (Å²) in [5.74, 6) is 0.0566. The average Bonchev–Trinajstić information content (AvgIpc) is 3.35. The van der Waals surface area contributed by atoms with E-state index in [0.29, 0.717) is 59.8 Å². The molecule has 0 N–H and O–H groups in total. The molecule has 0 saturated carbocycles. The Bertz CT molecular complexity index is 1650. The zero-order valence-corrected chi connectivity index (χ0v) is 25.1. The number of amides is 1. The number of hydrogen-bond donors (Lipinski definition) is 0. The Morgan fingerprint density at radius 2 is 1.79 bits per heavy atom. The Balaban J connectivity index is 1.52. The number of pyridine rings is 2. The lowest BCUT2D eigenvalue weighted by Gasteiger charge is -2.36. The van der Waals surface area contributed by atoms with Gasteiger partial charge in [-0.3, -0.25) is 4.68 Å². The van der Waals surface area contributed by atoms with Crippen LogP contribution in [0.4, 0.5) is 10.5 Å². The average molecular weight is 577 g/mol. The Morgan fingerprint density at radius 3 is 2.45 bits per heavy atom. The molecule has 0 spiro atoms. The van der Waals surface area contributed by atoms with Crippen LogP contribution in [0.25, 0.3) is 33.2 Å². The standard InChI is InChI=1S/C30H36N6O6/c1-18-25-19(16-34(5)33-25)12-23(26(18)41-17-39-6)24-14-22(28(37)40-7)21-13-20(15-31-27(21)32-24)35-8-10-36(11-9-35)29(38)42-30(2,3)4/h12-16H,8-11,17H2,1-7H3. The van der Waals surface area contributed by atoms with E-state index in [1.54, 1.807) is 29.0 Å². The summed E-state index contributed by atoms with van der Waals surface area (Å²) in [5, 5.41) is 6.04. The normalized spacial score (nSPS) is 14.0. The summed E-state index contributed by atoms with van der Waals surface area (Å²) in [5.41, 5.74) is 3.82. The van der Waals surface area contributed by atoms with Crippen LogP contribution in [0, 0.1) is 6.92 Å². The monoisotopic (exact) mass is 576 g/mol. The van der Waals surface area contributed by atoms with Gasteiger partial charge >= 0.3 is 12.1 Å². The van der Waals surface area contributed by atoms with Crippen LogP contribution >= 0.6 is 0 Å². The predicted octanol–water partition coefficient (Wildman–Crippen LogP) is 4.32. The van der Waals surface area contributed by atoms with E-state index in [4.69, 9.17) is 23.9 Å². The highest BCUT2D eigenvalue weighted by Gasteiger charge is 2.27. The van der Waals surface area contributed by atoms with Gasteiger partial charge in [-0.1, -0.05) is 0 Å². The molecule has 12 heteroatoms. The van der Waals surface area contributed by atoms with Gasteiger partial charge in [0.2, 0.25) is 0 Å². The van der Waals surface area contributed by atoms with E-state index in [1.165, 1.54) is 7.11 Å². The molecule has 0 bridgehead atoms. The van der Waals surface area contributed by atoms with Gasteiger partial charge in [-0.05, 0) is 45.9 Å². The molecule has 0 unspecified atom stereocenters. The number of methoxy groups -OCH3 is 2. The zero-order chi connectivity index (χ0) is 30.2. The molecule has 3 aromatic heterocycles. The summed E-state index contributed by atoms with van der Waals surface area (Å²) in [4.78, 5) is 38.9. The second-order valence-corrected chi connectivity index (χ2v) is 11.2. The molecule has 0 aliphatic carbocycles. The Kier molecular flexibility index (Phi) is 7.91. The first kappa shape index (κ1) is 29.1. The molecule has 1 amide bonds. The number of carbonyl (C=O) groups excluding carboxylic acids is 2. The highest BCUT2D eigenvalue weighted by molar-refractivity contribution is 6.05. The summed E-state index contributed by atoms with van der Waals surface area (Å²) in [6, 6.07) is 5.54. The molecule has 42 heavy (non-hydrogen) atoms. The van der Waals surface area contributed by atoms with E-state index in [-0.39, 0.29) is 12.9 Å². The summed E-state index contributed by atoms with van der Waals surface area (Å²) < 4.78 is 23.6. The lowest BCUT2D eigenvalue weighted by molar-refractivity contribution is 0.0240. The van der Waals surface area contributed by atoms with Crippen molar-refractivity contribution in [1.82, 2.24) is 24.6 Å². The number of rotatable bonds is 6. The predicted molar refractivity (Wildman–Crippen MR) is 158 cm³/mol. The largest absolute Gasteiger partial charge is 0.466 e. The minimum absolute atomic E-state index is 0.0341. The maximum Gasteiger partial charge on any atom is 0.410 e. The third-order valence-corrected chi connectivity index (χ3v) is 7.05. The van der Waals surface area contributed by atoms with Crippen LogP contribution in [0.3, 0.4) is 0 Å². The first-order valence-corrected chi connectivity index (χ1v) is 13.7. The number of ether oxygens (including phenoxy) is 4. The maximum atomic E-state index is 13.1. The molecule has 1 fully saturated rings. The fourth-order valence-electron chi connectivity index (χ4n) is 5.09. The molecular formula is C30H36N6O6. The first-order valence-electron chi connectivity index (χ1n) is 13.7. The number of benzene rings is 1. The lowest BCUT2D eigenvalue weighted by atomic mass is 10.0. The Hall–Kier alpha value is -4.45. The molecular weight excluding hydrogens is 540 g/mol. The van der Waals surface area contributed by atoms with Crippen molar-refractivity contribution < 1.29 is 28.5 Å². The van der Waals surface area contributed by atoms with Gasteiger partial charge in [-0.25, -0.2) is 19.6 Å².